The van der Waals surface area contributed by atoms with Crippen LogP contribution in [0.2, 0.25) is 24.2 Å². The van der Waals surface area contributed by atoms with Crippen LogP contribution >= 0.6 is 0 Å². The smallest absolute Gasteiger partial charge is 0.0530 e. The molecule has 0 aliphatic rings. The first-order valence-electron chi connectivity index (χ1n) is 6.71. The first-order valence-corrected chi connectivity index (χ1v) is 9.54. The molecule has 0 heterocycles. The Morgan fingerprint density at radius 3 is 1.81 bits per heavy atom. The summed E-state index contributed by atoms with van der Waals surface area (Å²) >= 11 is 0. The van der Waals surface area contributed by atoms with Gasteiger partial charge in [-0.1, -0.05) is 74.8 Å². The van der Waals surface area contributed by atoms with Gasteiger partial charge in [0.1, 0.15) is 0 Å². The van der Waals surface area contributed by atoms with E-state index in [1.165, 1.54) is 41.7 Å². The van der Waals surface area contributed by atoms with Crippen LogP contribution in [-0.4, -0.2) is 8.07 Å². The fraction of sp³-hybridized carbons (Fsp3) is 0.600. The van der Waals surface area contributed by atoms with Gasteiger partial charge in [0, 0.05) is 0 Å². The Hall–Kier alpha value is -0.563. The van der Waals surface area contributed by atoms with Gasteiger partial charge in [0.05, 0.1) is 8.07 Å². The van der Waals surface area contributed by atoms with E-state index in [2.05, 4.69) is 52.0 Å². The number of rotatable bonds is 6. The van der Waals surface area contributed by atoms with Gasteiger partial charge in [0.2, 0.25) is 0 Å². The normalized spacial score (nSPS) is 11.8. The Bertz CT molecular complexity index is 287. The highest BCUT2D eigenvalue weighted by molar-refractivity contribution is 6.79. The van der Waals surface area contributed by atoms with Crippen molar-refractivity contribution in [2.75, 3.05) is 0 Å². The molecule has 1 heteroatoms. The number of benzene rings is 1. The highest BCUT2D eigenvalue weighted by Gasteiger charge is 2.25. The van der Waals surface area contributed by atoms with Gasteiger partial charge in [-0.2, -0.15) is 0 Å². The average molecular weight is 234 g/mol. The molecular formula is C15H26Si. The molecule has 0 unspecified atom stereocenters. The van der Waals surface area contributed by atoms with E-state index in [1.807, 2.05) is 0 Å². The van der Waals surface area contributed by atoms with Gasteiger partial charge in [-0.3, -0.25) is 0 Å². The molecule has 90 valence electrons. The Morgan fingerprint density at radius 2 is 1.38 bits per heavy atom. The van der Waals surface area contributed by atoms with Gasteiger partial charge in [0.25, 0.3) is 0 Å². The van der Waals surface area contributed by atoms with Crippen molar-refractivity contribution < 1.29 is 0 Å². The van der Waals surface area contributed by atoms with Crippen molar-refractivity contribution in [3.8, 4) is 0 Å². The van der Waals surface area contributed by atoms with E-state index < -0.39 is 8.07 Å². The Kier molecular flexibility index (Phi) is 5.27. The molecule has 0 N–H and O–H groups in total. The highest BCUT2D eigenvalue weighted by Crippen LogP contribution is 2.26. The minimum atomic E-state index is -0.914. The van der Waals surface area contributed by atoms with E-state index >= 15 is 0 Å². The molecule has 0 fully saturated rings. The van der Waals surface area contributed by atoms with Crippen LogP contribution in [0.3, 0.4) is 0 Å². The summed E-state index contributed by atoms with van der Waals surface area (Å²) < 4.78 is 0. The van der Waals surface area contributed by atoms with Gasteiger partial charge in [0.15, 0.2) is 0 Å². The van der Waals surface area contributed by atoms with Crippen molar-refractivity contribution in [2.24, 2.45) is 0 Å². The lowest BCUT2D eigenvalue weighted by Gasteiger charge is -2.28. The van der Waals surface area contributed by atoms with Crippen LogP contribution in [-0.2, 0) is 6.42 Å². The largest absolute Gasteiger partial charge is 0.0678 e. The molecule has 0 aliphatic carbocycles. The quantitative estimate of drug-likeness (QED) is 0.605. The summed E-state index contributed by atoms with van der Waals surface area (Å²) in [6.07, 6.45) is 1.29. The van der Waals surface area contributed by atoms with Gasteiger partial charge in [-0.05, 0) is 18.9 Å². The fourth-order valence-electron chi connectivity index (χ4n) is 2.44. The minimum absolute atomic E-state index is 0.914. The van der Waals surface area contributed by atoms with Gasteiger partial charge >= 0.3 is 0 Å². The first kappa shape index (κ1) is 13.5. The lowest BCUT2D eigenvalue weighted by Crippen LogP contribution is -2.31. The molecule has 1 aromatic rings. The fourth-order valence-corrected chi connectivity index (χ4v) is 5.82. The molecule has 1 aromatic carbocycles. The summed E-state index contributed by atoms with van der Waals surface area (Å²) in [5.41, 5.74) is 2.89. The third-order valence-corrected chi connectivity index (χ3v) is 10.1. The summed E-state index contributed by atoms with van der Waals surface area (Å²) in [6.45, 7) is 9.35. The number of aryl methyl sites for hydroxylation is 2. The Morgan fingerprint density at radius 1 is 0.875 bits per heavy atom. The second-order valence-corrected chi connectivity index (χ2v) is 10.7. The lowest BCUT2D eigenvalue weighted by molar-refractivity contribution is 1.02. The standard InChI is InChI=1S/C15H26Si/c1-5-16(6-2,7-3)13-12-15-10-8-14(4)9-11-15/h8-11H,5-7,12-13H2,1-4H3. The summed E-state index contributed by atoms with van der Waals surface area (Å²) in [5.74, 6) is 0. The zero-order chi connectivity index (χ0) is 12.0. The van der Waals surface area contributed by atoms with Crippen LogP contribution in [0.1, 0.15) is 31.9 Å². The topological polar surface area (TPSA) is 0 Å². The third kappa shape index (κ3) is 3.48. The van der Waals surface area contributed by atoms with Crippen LogP contribution in [0.15, 0.2) is 24.3 Å². The maximum Gasteiger partial charge on any atom is 0.0530 e. The van der Waals surface area contributed by atoms with Crippen molar-refractivity contribution in [3.05, 3.63) is 35.4 Å². The van der Waals surface area contributed by atoms with E-state index in [0.29, 0.717) is 0 Å². The summed E-state index contributed by atoms with van der Waals surface area (Å²) in [6, 6.07) is 14.9. The molecule has 0 nitrogen and oxygen atoms in total. The van der Waals surface area contributed by atoms with E-state index in [9.17, 15) is 0 Å². The first-order chi connectivity index (χ1) is 7.65. The van der Waals surface area contributed by atoms with E-state index in [4.69, 9.17) is 0 Å². The van der Waals surface area contributed by atoms with Crippen LogP contribution < -0.4 is 0 Å². The molecule has 0 saturated heterocycles. The molecule has 16 heavy (non-hydrogen) atoms. The molecule has 0 saturated carbocycles. The van der Waals surface area contributed by atoms with E-state index in [-0.39, 0.29) is 0 Å². The highest BCUT2D eigenvalue weighted by atomic mass is 28.3. The predicted octanol–water partition coefficient (Wildman–Crippen LogP) is 5.05. The van der Waals surface area contributed by atoms with Crippen LogP contribution in [0.4, 0.5) is 0 Å². The second-order valence-electron chi connectivity index (χ2n) is 5.05. The van der Waals surface area contributed by atoms with Gasteiger partial charge < -0.3 is 0 Å². The molecule has 0 atom stereocenters. The maximum absolute atomic E-state index is 2.40. The second kappa shape index (κ2) is 6.24. The molecule has 0 aromatic heterocycles. The van der Waals surface area contributed by atoms with Gasteiger partial charge in [-0.25, -0.2) is 0 Å². The summed E-state index contributed by atoms with van der Waals surface area (Å²) in [4.78, 5) is 0. The molecule has 1 rings (SSSR count). The van der Waals surface area contributed by atoms with Crippen molar-refractivity contribution in [3.63, 3.8) is 0 Å². The van der Waals surface area contributed by atoms with Crippen molar-refractivity contribution >= 4 is 8.07 Å². The monoisotopic (exact) mass is 234 g/mol. The van der Waals surface area contributed by atoms with Crippen LogP contribution in [0.25, 0.3) is 0 Å². The number of hydrogen-bond acceptors (Lipinski definition) is 0. The van der Waals surface area contributed by atoms with Crippen LogP contribution in [0, 0.1) is 6.92 Å². The van der Waals surface area contributed by atoms with E-state index in [0.717, 1.165) is 0 Å². The molecule has 0 aliphatic heterocycles. The Labute approximate surface area is 102 Å². The predicted molar refractivity (Wildman–Crippen MR) is 76.9 cm³/mol. The Balaban J connectivity index is 2.58. The van der Waals surface area contributed by atoms with Crippen molar-refractivity contribution in [1.29, 1.82) is 0 Å². The molecule has 0 spiro atoms. The lowest BCUT2D eigenvalue weighted by atomic mass is 10.1. The summed E-state index contributed by atoms with van der Waals surface area (Å²) in [5, 5.41) is 0. The zero-order valence-corrected chi connectivity index (χ0v) is 12.3. The van der Waals surface area contributed by atoms with Gasteiger partial charge in [-0.15, -0.1) is 0 Å². The molecular weight excluding hydrogens is 208 g/mol. The third-order valence-electron chi connectivity index (χ3n) is 4.31. The molecule has 0 amide bonds. The van der Waals surface area contributed by atoms with Crippen LogP contribution in [0.5, 0.6) is 0 Å². The SMILES string of the molecule is CC[Si](CC)(CC)CCc1ccc(C)cc1. The van der Waals surface area contributed by atoms with Crippen molar-refractivity contribution in [1.82, 2.24) is 0 Å². The zero-order valence-electron chi connectivity index (χ0n) is 11.3. The average Bonchev–Trinajstić information content (AvgIpc) is 2.34. The maximum atomic E-state index is 2.40. The summed E-state index contributed by atoms with van der Waals surface area (Å²) in [7, 11) is -0.914. The number of hydrogen-bond donors (Lipinski definition) is 0. The molecule has 0 bridgehead atoms. The van der Waals surface area contributed by atoms with Crippen molar-refractivity contribution in [2.45, 2.75) is 58.3 Å². The van der Waals surface area contributed by atoms with E-state index in [1.54, 1.807) is 0 Å². The molecule has 0 radical (unpaired) electrons. The minimum Gasteiger partial charge on any atom is -0.0678 e.